The summed E-state index contributed by atoms with van der Waals surface area (Å²) in [6.45, 7) is 1.59. The second kappa shape index (κ2) is 10.2. The van der Waals surface area contributed by atoms with Gasteiger partial charge in [-0.1, -0.05) is 48.5 Å². The Kier molecular flexibility index (Phi) is 7.46. The smallest absolute Gasteiger partial charge is 0.465 e. The second-order valence-electron chi connectivity index (χ2n) is 6.78. The van der Waals surface area contributed by atoms with Gasteiger partial charge in [-0.05, 0) is 24.1 Å². The van der Waals surface area contributed by atoms with Crippen molar-refractivity contribution >= 4 is 6.16 Å². The molecule has 1 heterocycles. The fourth-order valence-corrected chi connectivity index (χ4v) is 3.16. The number of hydrogen-bond donors (Lipinski definition) is 2. The molecule has 4 atom stereocenters. The molecule has 0 saturated carbocycles. The Morgan fingerprint density at radius 2 is 1.79 bits per heavy atom. The summed E-state index contributed by atoms with van der Waals surface area (Å²) in [6.07, 6.45) is -4.04. The average Bonchev–Trinajstić information content (AvgIpc) is 2.72. The van der Waals surface area contributed by atoms with E-state index in [1.807, 2.05) is 54.6 Å². The first-order valence-electron chi connectivity index (χ1n) is 9.66. The highest BCUT2D eigenvalue weighted by Crippen LogP contribution is 2.27. The van der Waals surface area contributed by atoms with Crippen LogP contribution in [0.15, 0.2) is 54.6 Å². The quantitative estimate of drug-likeness (QED) is 0.688. The summed E-state index contributed by atoms with van der Waals surface area (Å²) in [4.78, 5) is 11.4. The van der Waals surface area contributed by atoms with Crippen molar-refractivity contribution in [2.45, 2.75) is 44.4 Å². The monoisotopic (exact) mass is 402 g/mol. The lowest BCUT2D eigenvalue weighted by molar-refractivity contribution is -0.231. The van der Waals surface area contributed by atoms with Crippen molar-refractivity contribution in [1.82, 2.24) is 0 Å². The van der Waals surface area contributed by atoms with E-state index < -0.39 is 30.8 Å². The van der Waals surface area contributed by atoms with Gasteiger partial charge in [0.2, 0.25) is 6.29 Å². The van der Waals surface area contributed by atoms with Gasteiger partial charge in [0.15, 0.2) is 0 Å². The van der Waals surface area contributed by atoms with E-state index in [1.165, 1.54) is 0 Å². The van der Waals surface area contributed by atoms with Gasteiger partial charge in [-0.2, -0.15) is 0 Å². The van der Waals surface area contributed by atoms with E-state index in [4.69, 9.17) is 18.9 Å². The highest BCUT2D eigenvalue weighted by atomic mass is 16.7. The lowest BCUT2D eigenvalue weighted by atomic mass is 10.0. The number of hydrogen-bond acceptors (Lipinski definition) is 7. The standard InChI is InChI=1S/C22H26O7/c1-2-26-22(25)27-14-19-21(24)17(23)13-20(29-19)28-18-11-7-6-10-16(18)12-15-8-4-3-5-9-15/h3-11,17,19-21,23-24H,2,12-14H2,1H3/t17?,19?,20?,21-/m0/s1. The Balaban J connectivity index is 1.65. The third-order valence-corrected chi connectivity index (χ3v) is 4.63. The first kappa shape index (κ1) is 21.1. The number of aliphatic hydroxyl groups is 2. The van der Waals surface area contributed by atoms with Crippen molar-refractivity contribution < 1.29 is 34.0 Å². The number of carbonyl (C=O) groups excluding carboxylic acids is 1. The molecule has 0 spiro atoms. The van der Waals surface area contributed by atoms with Crippen LogP contribution < -0.4 is 4.74 Å². The van der Waals surface area contributed by atoms with Gasteiger partial charge in [0.25, 0.3) is 0 Å². The molecule has 0 aromatic heterocycles. The first-order chi connectivity index (χ1) is 14.1. The predicted octanol–water partition coefficient (Wildman–Crippen LogP) is 2.67. The largest absolute Gasteiger partial charge is 0.508 e. The molecule has 2 N–H and O–H groups in total. The Morgan fingerprint density at radius 1 is 1.07 bits per heavy atom. The third-order valence-electron chi connectivity index (χ3n) is 4.63. The van der Waals surface area contributed by atoms with Crippen molar-refractivity contribution in [3.8, 4) is 5.75 Å². The van der Waals surface area contributed by atoms with Crippen LogP contribution in [0.25, 0.3) is 0 Å². The predicted molar refractivity (Wildman–Crippen MR) is 105 cm³/mol. The summed E-state index contributed by atoms with van der Waals surface area (Å²) in [7, 11) is 0. The SMILES string of the molecule is CCOC(=O)OCC1OC(Oc2ccccc2Cc2ccccc2)CC(O)[C@@H]1O. The highest BCUT2D eigenvalue weighted by Gasteiger charge is 2.38. The molecule has 0 aliphatic carbocycles. The molecule has 1 aliphatic rings. The van der Waals surface area contributed by atoms with Crippen LogP contribution in [-0.2, 0) is 20.6 Å². The van der Waals surface area contributed by atoms with Crippen LogP contribution >= 0.6 is 0 Å². The summed E-state index contributed by atoms with van der Waals surface area (Å²) < 4.78 is 21.4. The summed E-state index contributed by atoms with van der Waals surface area (Å²) in [6, 6.07) is 17.6. The zero-order chi connectivity index (χ0) is 20.6. The van der Waals surface area contributed by atoms with Crippen molar-refractivity contribution in [3.05, 3.63) is 65.7 Å². The molecule has 1 aliphatic heterocycles. The molecule has 0 bridgehead atoms. The van der Waals surface area contributed by atoms with Crippen LogP contribution in [-0.4, -0.2) is 54.2 Å². The summed E-state index contributed by atoms with van der Waals surface area (Å²) >= 11 is 0. The molecule has 7 heteroatoms. The van der Waals surface area contributed by atoms with Crippen molar-refractivity contribution in [2.24, 2.45) is 0 Å². The van der Waals surface area contributed by atoms with Gasteiger partial charge in [0, 0.05) is 12.8 Å². The molecule has 2 aromatic rings. The van der Waals surface area contributed by atoms with E-state index >= 15 is 0 Å². The molecule has 1 saturated heterocycles. The summed E-state index contributed by atoms with van der Waals surface area (Å²) in [5.74, 6) is 0.634. The molecule has 2 aromatic carbocycles. The van der Waals surface area contributed by atoms with Crippen LogP contribution in [0.1, 0.15) is 24.5 Å². The number of aliphatic hydroxyl groups excluding tert-OH is 2. The highest BCUT2D eigenvalue weighted by molar-refractivity contribution is 5.59. The normalized spacial score (nSPS) is 24.0. The van der Waals surface area contributed by atoms with Crippen molar-refractivity contribution in [1.29, 1.82) is 0 Å². The van der Waals surface area contributed by atoms with Gasteiger partial charge in [0.1, 0.15) is 24.6 Å². The topological polar surface area (TPSA) is 94.5 Å². The zero-order valence-corrected chi connectivity index (χ0v) is 16.3. The number of benzene rings is 2. The Labute approximate surface area is 169 Å². The van der Waals surface area contributed by atoms with Crippen LogP contribution in [0.4, 0.5) is 4.79 Å². The Hall–Kier alpha value is -2.61. The van der Waals surface area contributed by atoms with Gasteiger partial charge in [-0.15, -0.1) is 0 Å². The van der Waals surface area contributed by atoms with E-state index in [9.17, 15) is 15.0 Å². The van der Waals surface area contributed by atoms with Crippen LogP contribution in [0.3, 0.4) is 0 Å². The van der Waals surface area contributed by atoms with E-state index in [1.54, 1.807) is 6.92 Å². The maximum Gasteiger partial charge on any atom is 0.508 e. The molecular formula is C22H26O7. The molecule has 156 valence electrons. The van der Waals surface area contributed by atoms with Gasteiger partial charge in [-0.25, -0.2) is 4.79 Å². The molecule has 0 radical (unpaired) electrons. The fraction of sp³-hybridized carbons (Fsp3) is 0.409. The van der Waals surface area contributed by atoms with E-state index in [0.717, 1.165) is 11.1 Å². The minimum absolute atomic E-state index is 0.0940. The number of rotatable bonds is 7. The van der Waals surface area contributed by atoms with Gasteiger partial charge >= 0.3 is 6.16 Å². The lowest BCUT2D eigenvalue weighted by Crippen LogP contribution is -2.51. The maximum absolute atomic E-state index is 11.4. The number of ether oxygens (including phenoxy) is 4. The molecular weight excluding hydrogens is 376 g/mol. The summed E-state index contributed by atoms with van der Waals surface area (Å²) in [5, 5.41) is 20.3. The van der Waals surface area contributed by atoms with E-state index in [-0.39, 0.29) is 19.6 Å². The van der Waals surface area contributed by atoms with Crippen molar-refractivity contribution in [2.75, 3.05) is 13.2 Å². The Bertz CT molecular complexity index is 780. The molecule has 7 nitrogen and oxygen atoms in total. The molecule has 3 rings (SSSR count). The lowest BCUT2D eigenvalue weighted by Gasteiger charge is -2.36. The maximum atomic E-state index is 11.4. The van der Waals surface area contributed by atoms with Gasteiger partial charge in [-0.3, -0.25) is 0 Å². The molecule has 1 fully saturated rings. The van der Waals surface area contributed by atoms with Crippen LogP contribution in [0, 0.1) is 0 Å². The van der Waals surface area contributed by atoms with Crippen LogP contribution in [0.2, 0.25) is 0 Å². The van der Waals surface area contributed by atoms with E-state index in [2.05, 4.69) is 0 Å². The zero-order valence-electron chi connectivity index (χ0n) is 16.3. The second-order valence-corrected chi connectivity index (χ2v) is 6.78. The fourth-order valence-electron chi connectivity index (χ4n) is 3.16. The average molecular weight is 402 g/mol. The van der Waals surface area contributed by atoms with Crippen LogP contribution in [0.5, 0.6) is 5.75 Å². The molecule has 0 amide bonds. The number of carbonyl (C=O) groups is 1. The third kappa shape index (κ3) is 5.93. The minimum atomic E-state index is -1.19. The number of para-hydroxylation sites is 1. The van der Waals surface area contributed by atoms with Gasteiger partial charge < -0.3 is 29.2 Å². The van der Waals surface area contributed by atoms with Gasteiger partial charge in [0.05, 0.1) is 12.7 Å². The molecule has 3 unspecified atom stereocenters. The molecule has 29 heavy (non-hydrogen) atoms. The van der Waals surface area contributed by atoms with Crippen molar-refractivity contribution in [3.63, 3.8) is 0 Å². The first-order valence-corrected chi connectivity index (χ1v) is 9.66. The Morgan fingerprint density at radius 3 is 2.55 bits per heavy atom. The van der Waals surface area contributed by atoms with E-state index in [0.29, 0.717) is 12.2 Å². The summed E-state index contributed by atoms with van der Waals surface area (Å²) in [5.41, 5.74) is 2.12. The minimum Gasteiger partial charge on any atom is -0.465 e.